The van der Waals surface area contributed by atoms with Crippen molar-refractivity contribution in [2.75, 3.05) is 31.4 Å². The first-order valence-electron chi connectivity index (χ1n) is 13.8. The number of carbonyl (C=O) groups excluding carboxylic acids is 2. The summed E-state index contributed by atoms with van der Waals surface area (Å²) >= 11 is 8.21. The molecule has 2 aromatic heterocycles. The highest BCUT2D eigenvalue weighted by atomic mass is 35.5. The number of ether oxygens (including phenoxy) is 2. The van der Waals surface area contributed by atoms with Crippen LogP contribution in [0.3, 0.4) is 0 Å². The van der Waals surface area contributed by atoms with Crippen LogP contribution >= 0.6 is 23.4 Å². The Kier molecular flexibility index (Phi) is 8.98. The molecule has 1 aliphatic heterocycles. The molecule has 1 aliphatic rings. The summed E-state index contributed by atoms with van der Waals surface area (Å²) in [6.45, 7) is 6.39. The summed E-state index contributed by atoms with van der Waals surface area (Å²) in [5, 5.41) is 8.22. The number of pyridine rings is 1. The second kappa shape index (κ2) is 12.7. The van der Waals surface area contributed by atoms with Crippen LogP contribution in [-0.2, 0) is 21.5 Å². The van der Waals surface area contributed by atoms with E-state index >= 15 is 0 Å². The predicted octanol–water partition coefficient (Wildman–Crippen LogP) is 5.72. The van der Waals surface area contributed by atoms with Gasteiger partial charge in [0.15, 0.2) is 11.5 Å². The normalized spacial score (nSPS) is 15.1. The SMILES string of the molecule is COc1ccc([C@H]2SCC(=O)N(CC(=O)NCc3ccncc3)c3c2c(C(C)(C)C)nn3-c2ccccc2Cl)cc1OC. The van der Waals surface area contributed by atoms with Crippen molar-refractivity contribution in [3.63, 3.8) is 0 Å². The molecule has 3 heterocycles. The summed E-state index contributed by atoms with van der Waals surface area (Å²) in [6.07, 6.45) is 3.35. The zero-order chi connectivity index (χ0) is 30.7. The summed E-state index contributed by atoms with van der Waals surface area (Å²) < 4.78 is 12.8. The first-order valence-corrected chi connectivity index (χ1v) is 15.2. The van der Waals surface area contributed by atoms with Gasteiger partial charge in [-0.1, -0.05) is 50.6 Å². The van der Waals surface area contributed by atoms with E-state index in [1.165, 1.54) is 16.7 Å². The van der Waals surface area contributed by atoms with Gasteiger partial charge < -0.3 is 14.8 Å². The van der Waals surface area contributed by atoms with Crippen LogP contribution < -0.4 is 19.7 Å². The van der Waals surface area contributed by atoms with Crippen LogP contribution in [0.15, 0.2) is 67.0 Å². The maximum absolute atomic E-state index is 13.9. The molecule has 0 aliphatic carbocycles. The van der Waals surface area contributed by atoms with Gasteiger partial charge in [-0.25, -0.2) is 4.68 Å². The van der Waals surface area contributed by atoms with Crippen molar-refractivity contribution in [1.82, 2.24) is 20.1 Å². The maximum atomic E-state index is 13.9. The van der Waals surface area contributed by atoms with E-state index in [2.05, 4.69) is 31.1 Å². The quantitative estimate of drug-likeness (QED) is 0.269. The Morgan fingerprint density at radius 2 is 1.79 bits per heavy atom. The van der Waals surface area contributed by atoms with Crippen LogP contribution in [0.2, 0.25) is 5.02 Å². The summed E-state index contributed by atoms with van der Waals surface area (Å²) in [4.78, 5) is 32.8. The molecular formula is C32H34ClN5O4S. The van der Waals surface area contributed by atoms with Gasteiger partial charge in [0.25, 0.3) is 0 Å². The molecule has 2 aromatic carbocycles. The van der Waals surface area contributed by atoms with E-state index in [1.807, 2.05) is 48.5 Å². The first kappa shape index (κ1) is 30.4. The standard InChI is InChI=1S/C32H34ClN5O4S/c1-32(2,3)30-28-29(21-10-11-24(41-4)25(16-21)42-5)43-19-27(40)37(18-26(39)35-17-20-12-14-34-15-13-20)31(28)38(36-30)23-9-7-6-8-22(23)33/h6-16,29H,17-19H2,1-5H3,(H,35,39)/t29-/m1/s1. The van der Waals surface area contributed by atoms with Crippen molar-refractivity contribution >= 4 is 41.0 Å². The number of carbonyl (C=O) groups is 2. The van der Waals surface area contributed by atoms with Gasteiger partial charge in [-0.15, -0.1) is 11.8 Å². The minimum Gasteiger partial charge on any atom is -0.493 e. The molecule has 0 radical (unpaired) electrons. The lowest BCUT2D eigenvalue weighted by Crippen LogP contribution is -2.42. The minimum absolute atomic E-state index is 0.150. The molecule has 9 nitrogen and oxygen atoms in total. The van der Waals surface area contributed by atoms with Crippen molar-refractivity contribution < 1.29 is 19.1 Å². The van der Waals surface area contributed by atoms with E-state index in [1.54, 1.807) is 37.4 Å². The Bertz CT molecular complexity index is 1640. The third-order valence-corrected chi connectivity index (χ3v) is 8.71. The van der Waals surface area contributed by atoms with Crippen molar-refractivity contribution in [1.29, 1.82) is 0 Å². The number of hydrogen-bond acceptors (Lipinski definition) is 7. The smallest absolute Gasteiger partial charge is 0.240 e. The highest BCUT2D eigenvalue weighted by Crippen LogP contribution is 2.49. The number of nitrogens with one attached hydrogen (secondary N) is 1. The molecule has 11 heteroatoms. The monoisotopic (exact) mass is 619 g/mol. The fourth-order valence-electron chi connectivity index (χ4n) is 5.04. The lowest BCUT2D eigenvalue weighted by molar-refractivity contribution is -0.123. The van der Waals surface area contributed by atoms with Gasteiger partial charge in [-0.3, -0.25) is 19.5 Å². The molecule has 0 saturated carbocycles. The minimum atomic E-state index is -0.408. The number of rotatable bonds is 8. The number of aromatic nitrogens is 3. The molecule has 5 rings (SSSR count). The Labute approximate surface area is 260 Å². The topological polar surface area (TPSA) is 98.6 Å². The first-order chi connectivity index (χ1) is 20.6. The number of halogens is 1. The van der Waals surface area contributed by atoms with Gasteiger partial charge >= 0.3 is 0 Å². The molecule has 0 unspecified atom stereocenters. The Morgan fingerprint density at radius 3 is 2.47 bits per heavy atom. The third kappa shape index (κ3) is 6.35. The van der Waals surface area contributed by atoms with Crippen molar-refractivity contribution in [2.24, 2.45) is 0 Å². The van der Waals surface area contributed by atoms with E-state index in [-0.39, 0.29) is 29.4 Å². The van der Waals surface area contributed by atoms with Gasteiger partial charge in [0, 0.05) is 29.9 Å². The zero-order valence-electron chi connectivity index (χ0n) is 24.8. The number of methoxy groups -OCH3 is 2. The third-order valence-electron chi connectivity index (χ3n) is 7.13. The molecule has 0 bridgehead atoms. The molecule has 2 amide bonds. The summed E-state index contributed by atoms with van der Waals surface area (Å²) in [6, 6.07) is 16.8. The average molecular weight is 620 g/mol. The van der Waals surface area contributed by atoms with Crippen molar-refractivity contribution in [3.8, 4) is 17.2 Å². The predicted molar refractivity (Wildman–Crippen MR) is 170 cm³/mol. The largest absolute Gasteiger partial charge is 0.493 e. The lowest BCUT2D eigenvalue weighted by atomic mass is 9.87. The number of para-hydroxylation sites is 1. The second-order valence-corrected chi connectivity index (χ2v) is 12.6. The van der Waals surface area contributed by atoms with Gasteiger partial charge in [0.05, 0.1) is 41.6 Å². The van der Waals surface area contributed by atoms with E-state index in [4.69, 9.17) is 26.2 Å². The fraction of sp³-hybridized carbons (Fsp3) is 0.312. The second-order valence-electron chi connectivity index (χ2n) is 11.1. The van der Waals surface area contributed by atoms with E-state index in [0.717, 1.165) is 22.4 Å². The molecular weight excluding hydrogens is 586 g/mol. The number of benzene rings is 2. The van der Waals surface area contributed by atoms with Crippen molar-refractivity contribution in [3.05, 3.63) is 94.4 Å². The number of fused-ring (bicyclic) bond motifs is 1. The number of amides is 2. The van der Waals surface area contributed by atoms with Crippen LogP contribution in [0.1, 0.15) is 48.4 Å². The lowest BCUT2D eigenvalue weighted by Gasteiger charge is -2.25. The number of hydrogen-bond donors (Lipinski definition) is 1. The fourth-order valence-corrected chi connectivity index (χ4v) is 6.45. The molecule has 0 saturated heterocycles. The van der Waals surface area contributed by atoms with E-state index < -0.39 is 5.41 Å². The molecule has 4 aromatic rings. The molecule has 43 heavy (non-hydrogen) atoms. The molecule has 1 N–H and O–H groups in total. The van der Waals surface area contributed by atoms with Crippen LogP contribution in [0.4, 0.5) is 5.82 Å². The molecule has 0 spiro atoms. The molecule has 224 valence electrons. The van der Waals surface area contributed by atoms with Crippen LogP contribution in [-0.4, -0.2) is 53.1 Å². The Hall–Kier alpha value is -4.02. The van der Waals surface area contributed by atoms with Crippen molar-refractivity contribution in [2.45, 2.75) is 38.0 Å². The Morgan fingerprint density at radius 1 is 1.07 bits per heavy atom. The number of nitrogens with zero attached hydrogens (tertiary/aromatic N) is 4. The van der Waals surface area contributed by atoms with Crippen LogP contribution in [0, 0.1) is 0 Å². The highest BCUT2D eigenvalue weighted by Gasteiger charge is 2.40. The van der Waals surface area contributed by atoms with E-state index in [9.17, 15) is 9.59 Å². The zero-order valence-corrected chi connectivity index (χ0v) is 26.3. The summed E-state index contributed by atoms with van der Waals surface area (Å²) in [5.74, 6) is 1.36. The number of anilines is 1. The summed E-state index contributed by atoms with van der Waals surface area (Å²) in [7, 11) is 3.19. The summed E-state index contributed by atoms with van der Waals surface area (Å²) in [5.41, 5.74) is 3.68. The van der Waals surface area contributed by atoms with Gasteiger partial charge in [-0.2, -0.15) is 5.10 Å². The highest BCUT2D eigenvalue weighted by molar-refractivity contribution is 8.00. The van der Waals surface area contributed by atoms with Crippen LogP contribution in [0.25, 0.3) is 5.69 Å². The molecule has 1 atom stereocenters. The Balaban J connectivity index is 1.68. The maximum Gasteiger partial charge on any atom is 0.240 e. The molecule has 0 fully saturated rings. The van der Waals surface area contributed by atoms with Crippen LogP contribution in [0.5, 0.6) is 11.5 Å². The van der Waals surface area contributed by atoms with Gasteiger partial charge in [-0.05, 0) is 47.5 Å². The van der Waals surface area contributed by atoms with Gasteiger partial charge in [0.1, 0.15) is 12.4 Å². The number of thioether (sulfide) groups is 1. The van der Waals surface area contributed by atoms with Gasteiger partial charge in [0.2, 0.25) is 11.8 Å². The van der Waals surface area contributed by atoms with E-state index in [0.29, 0.717) is 34.6 Å². The average Bonchev–Trinajstić information content (AvgIpc) is 3.33.